The summed E-state index contributed by atoms with van der Waals surface area (Å²) in [4.78, 5) is 12.5. The zero-order chi connectivity index (χ0) is 24.2. The van der Waals surface area contributed by atoms with Crippen LogP contribution in [0.4, 0.5) is 13.2 Å². The van der Waals surface area contributed by atoms with Crippen molar-refractivity contribution in [2.45, 2.75) is 61.9 Å². The van der Waals surface area contributed by atoms with Gasteiger partial charge in [-0.2, -0.15) is 13.2 Å². The van der Waals surface area contributed by atoms with Crippen molar-refractivity contribution in [2.24, 2.45) is 5.92 Å². The van der Waals surface area contributed by atoms with Crippen molar-refractivity contribution in [3.8, 4) is 0 Å². The molecular weight excluding hydrogens is 457 g/mol. The number of aliphatic hydroxyl groups excluding tert-OH is 1. The Morgan fingerprint density at radius 2 is 1.58 bits per heavy atom. The van der Waals surface area contributed by atoms with Gasteiger partial charge in [0.2, 0.25) is 15.9 Å². The lowest BCUT2D eigenvalue weighted by molar-refractivity contribution is -0.137. The molecular formula is C23H27F3N2O4S. The number of hydrogen-bond acceptors (Lipinski definition) is 4. The summed E-state index contributed by atoms with van der Waals surface area (Å²) >= 11 is 0. The van der Waals surface area contributed by atoms with Crippen molar-refractivity contribution in [1.82, 2.24) is 10.0 Å². The quantitative estimate of drug-likeness (QED) is 0.557. The number of nitrogens with one attached hydrogen (secondary N) is 2. The minimum atomic E-state index is -4.54. The van der Waals surface area contributed by atoms with Crippen LogP contribution in [0.3, 0.4) is 0 Å². The molecule has 1 aliphatic carbocycles. The molecule has 0 saturated heterocycles. The van der Waals surface area contributed by atoms with E-state index in [0.717, 1.165) is 29.8 Å². The fourth-order valence-corrected chi connectivity index (χ4v) is 5.30. The lowest BCUT2D eigenvalue weighted by Crippen LogP contribution is -2.43. The number of amides is 1. The Morgan fingerprint density at radius 3 is 2.09 bits per heavy atom. The molecule has 1 amide bonds. The standard InChI is InChI=1S/C23H27F3N2O4S/c1-15(29)21(16-5-3-2-4-6-16)27-22(30)17-7-11-19(12-8-17)28-33(31,32)20-13-9-18(10-14-20)23(24,25)26/h2-6,9-10,13-15,17,19,21,28-29H,7-8,11-12H2,1H3,(H,27,30)/t15-,17-,19-,21+/m0/s1. The van der Waals surface area contributed by atoms with Gasteiger partial charge >= 0.3 is 6.18 Å². The van der Waals surface area contributed by atoms with Crippen LogP contribution >= 0.6 is 0 Å². The zero-order valence-corrected chi connectivity index (χ0v) is 18.9. The fraction of sp³-hybridized carbons (Fsp3) is 0.435. The van der Waals surface area contributed by atoms with Gasteiger partial charge in [0.1, 0.15) is 0 Å². The van der Waals surface area contributed by atoms with Gasteiger partial charge in [0.05, 0.1) is 22.6 Å². The van der Waals surface area contributed by atoms with E-state index in [1.54, 1.807) is 6.92 Å². The summed E-state index contributed by atoms with van der Waals surface area (Å²) in [7, 11) is -3.98. The molecule has 0 bridgehead atoms. The van der Waals surface area contributed by atoms with Crippen LogP contribution in [0.5, 0.6) is 0 Å². The van der Waals surface area contributed by atoms with Crippen LogP contribution in [0.25, 0.3) is 0 Å². The lowest BCUT2D eigenvalue weighted by Gasteiger charge is -2.30. The summed E-state index contributed by atoms with van der Waals surface area (Å²) < 4.78 is 65.7. The monoisotopic (exact) mass is 484 g/mol. The normalized spacial score (nSPS) is 21.2. The maximum absolute atomic E-state index is 12.8. The van der Waals surface area contributed by atoms with E-state index in [2.05, 4.69) is 10.0 Å². The van der Waals surface area contributed by atoms with E-state index in [1.807, 2.05) is 30.3 Å². The molecule has 0 aliphatic heterocycles. The molecule has 10 heteroatoms. The van der Waals surface area contributed by atoms with Crippen molar-refractivity contribution >= 4 is 15.9 Å². The molecule has 2 aromatic rings. The molecule has 0 unspecified atom stereocenters. The van der Waals surface area contributed by atoms with Gasteiger partial charge < -0.3 is 10.4 Å². The molecule has 3 N–H and O–H groups in total. The van der Waals surface area contributed by atoms with Crippen molar-refractivity contribution in [3.63, 3.8) is 0 Å². The number of halogens is 3. The molecule has 3 rings (SSSR count). The highest BCUT2D eigenvalue weighted by molar-refractivity contribution is 7.89. The van der Waals surface area contributed by atoms with Crippen molar-refractivity contribution < 1.29 is 31.5 Å². The molecule has 0 radical (unpaired) electrons. The van der Waals surface area contributed by atoms with Crippen LogP contribution in [0.2, 0.25) is 0 Å². The van der Waals surface area contributed by atoms with E-state index in [0.29, 0.717) is 25.7 Å². The first-order valence-corrected chi connectivity index (χ1v) is 12.2. The van der Waals surface area contributed by atoms with Crippen LogP contribution in [-0.2, 0) is 21.0 Å². The second-order valence-corrected chi connectivity index (χ2v) is 10.0. The van der Waals surface area contributed by atoms with Gasteiger partial charge in [0.25, 0.3) is 0 Å². The Labute approximate surface area is 191 Å². The summed E-state index contributed by atoms with van der Waals surface area (Å²) in [5.41, 5.74) is -0.127. The molecule has 2 atom stereocenters. The molecule has 0 spiro atoms. The van der Waals surface area contributed by atoms with E-state index >= 15 is 0 Å². The Hall–Kier alpha value is -2.43. The predicted octanol–water partition coefficient (Wildman–Crippen LogP) is 3.78. The highest BCUT2D eigenvalue weighted by atomic mass is 32.2. The van der Waals surface area contributed by atoms with Crippen LogP contribution in [0.1, 0.15) is 49.8 Å². The van der Waals surface area contributed by atoms with E-state index in [1.165, 1.54) is 0 Å². The number of rotatable bonds is 7. The van der Waals surface area contributed by atoms with Gasteiger partial charge in [-0.15, -0.1) is 0 Å². The van der Waals surface area contributed by atoms with Crippen molar-refractivity contribution in [3.05, 3.63) is 65.7 Å². The summed E-state index contributed by atoms with van der Waals surface area (Å²) in [6.45, 7) is 1.60. The van der Waals surface area contributed by atoms with E-state index in [-0.39, 0.29) is 16.7 Å². The molecule has 1 saturated carbocycles. The topological polar surface area (TPSA) is 95.5 Å². The number of alkyl halides is 3. The first kappa shape index (κ1) is 25.2. The first-order valence-electron chi connectivity index (χ1n) is 10.7. The van der Waals surface area contributed by atoms with Crippen LogP contribution in [0.15, 0.2) is 59.5 Å². The number of hydrogen-bond donors (Lipinski definition) is 3. The van der Waals surface area contributed by atoms with Gasteiger partial charge in [0.15, 0.2) is 0 Å². The molecule has 0 aromatic heterocycles. The molecule has 0 heterocycles. The van der Waals surface area contributed by atoms with Gasteiger partial charge in [-0.05, 0) is 62.4 Å². The first-order chi connectivity index (χ1) is 15.5. The highest BCUT2D eigenvalue weighted by Crippen LogP contribution is 2.30. The third kappa shape index (κ3) is 6.55. The van der Waals surface area contributed by atoms with Crippen molar-refractivity contribution in [2.75, 3.05) is 0 Å². The summed E-state index contributed by atoms with van der Waals surface area (Å²) in [5.74, 6) is -0.518. The summed E-state index contributed by atoms with van der Waals surface area (Å²) in [6.07, 6.45) is -3.59. The van der Waals surface area contributed by atoms with E-state index in [9.17, 15) is 31.5 Å². The Kier molecular flexibility index (Phi) is 7.81. The van der Waals surface area contributed by atoms with Gasteiger partial charge in [-0.1, -0.05) is 30.3 Å². The second kappa shape index (κ2) is 10.2. The Morgan fingerprint density at radius 1 is 1.00 bits per heavy atom. The molecule has 1 aliphatic rings. The molecule has 33 heavy (non-hydrogen) atoms. The van der Waals surface area contributed by atoms with Crippen LogP contribution in [0, 0.1) is 5.92 Å². The maximum Gasteiger partial charge on any atom is 0.416 e. The minimum Gasteiger partial charge on any atom is -0.391 e. The predicted molar refractivity (Wildman–Crippen MR) is 117 cm³/mol. The molecule has 180 valence electrons. The highest BCUT2D eigenvalue weighted by Gasteiger charge is 2.33. The number of benzene rings is 2. The third-order valence-electron chi connectivity index (χ3n) is 5.85. The minimum absolute atomic E-state index is 0.200. The number of carbonyl (C=O) groups excluding carboxylic acids is 1. The lowest BCUT2D eigenvalue weighted by atomic mass is 9.85. The number of aliphatic hydroxyl groups is 1. The van der Waals surface area contributed by atoms with Crippen molar-refractivity contribution in [1.29, 1.82) is 0 Å². The van der Waals surface area contributed by atoms with Gasteiger partial charge in [0, 0.05) is 12.0 Å². The van der Waals surface area contributed by atoms with Gasteiger partial charge in [-0.25, -0.2) is 13.1 Å². The number of sulfonamides is 1. The van der Waals surface area contributed by atoms with Gasteiger partial charge in [-0.3, -0.25) is 4.79 Å². The van der Waals surface area contributed by atoms with Crippen LogP contribution < -0.4 is 10.0 Å². The van der Waals surface area contributed by atoms with E-state index < -0.39 is 40.0 Å². The average molecular weight is 485 g/mol. The smallest absolute Gasteiger partial charge is 0.391 e. The second-order valence-electron chi connectivity index (χ2n) is 8.33. The molecule has 6 nitrogen and oxygen atoms in total. The average Bonchev–Trinajstić information content (AvgIpc) is 2.77. The van der Waals surface area contributed by atoms with Crippen LogP contribution in [-0.4, -0.2) is 31.6 Å². The number of carbonyl (C=O) groups is 1. The third-order valence-corrected chi connectivity index (χ3v) is 7.39. The molecule has 2 aromatic carbocycles. The van der Waals surface area contributed by atoms with E-state index in [4.69, 9.17) is 0 Å². The Bertz CT molecular complexity index is 1030. The zero-order valence-electron chi connectivity index (χ0n) is 18.0. The molecule has 1 fully saturated rings. The maximum atomic E-state index is 12.8. The summed E-state index contributed by atoms with van der Waals surface area (Å²) in [6, 6.07) is 11.5. The summed E-state index contributed by atoms with van der Waals surface area (Å²) in [5, 5.41) is 13.0. The fourth-order valence-electron chi connectivity index (χ4n) is 4.00. The largest absolute Gasteiger partial charge is 0.416 e. The Balaban J connectivity index is 1.56. The SMILES string of the molecule is C[C@H](O)[C@@H](NC(=O)[C@H]1CC[C@H](NS(=O)(=O)c2ccc(C(F)(F)F)cc2)CC1)c1ccccc1.